The highest BCUT2D eigenvalue weighted by atomic mass is 16.6. The molecule has 206 valence electrons. The van der Waals surface area contributed by atoms with Crippen LogP contribution in [0.2, 0.25) is 0 Å². The molecule has 11 heteroatoms. The molecule has 0 amide bonds. The normalized spacial score (nSPS) is 25.4. The lowest BCUT2D eigenvalue weighted by Crippen LogP contribution is -2.36. The van der Waals surface area contributed by atoms with Gasteiger partial charge in [0.05, 0.1) is 43.1 Å². The van der Waals surface area contributed by atoms with E-state index in [0.717, 1.165) is 74.5 Å². The third-order valence-corrected chi connectivity index (χ3v) is 7.65. The molecule has 1 N–H and O–H groups in total. The fraction of sp³-hybridized carbons (Fsp3) is 0.536. The van der Waals surface area contributed by atoms with Crippen molar-refractivity contribution in [3.8, 4) is 5.75 Å². The third kappa shape index (κ3) is 6.04. The molecular formula is C28H34N6O5. The van der Waals surface area contributed by atoms with Gasteiger partial charge in [-0.25, -0.2) is 19.7 Å². The topological polar surface area (TPSA) is 121 Å². The maximum atomic E-state index is 12.4. The lowest BCUT2D eigenvalue weighted by Gasteiger charge is -2.31. The number of aromatic nitrogens is 4. The molecule has 0 radical (unpaired) electrons. The largest absolute Gasteiger partial charge is 0.488 e. The number of nitrogens with zero attached hydrogens (tertiary/aromatic N) is 5. The minimum Gasteiger partial charge on any atom is -0.488 e. The molecule has 4 heterocycles. The Morgan fingerprint density at radius 3 is 2.49 bits per heavy atom. The Kier molecular flexibility index (Phi) is 7.69. The van der Waals surface area contributed by atoms with Gasteiger partial charge in [-0.1, -0.05) is 0 Å². The van der Waals surface area contributed by atoms with Gasteiger partial charge in [-0.05, 0) is 38.7 Å². The Hall–Kier alpha value is -3.57. The molecule has 1 aliphatic carbocycles. The molecule has 3 aliphatic rings. The fourth-order valence-electron chi connectivity index (χ4n) is 5.39. The highest BCUT2D eigenvalue weighted by Crippen LogP contribution is 2.33. The Morgan fingerprint density at radius 1 is 0.974 bits per heavy atom. The zero-order chi connectivity index (χ0) is 26.6. The van der Waals surface area contributed by atoms with Crippen LogP contribution in [0.5, 0.6) is 5.75 Å². The lowest BCUT2D eigenvalue weighted by molar-refractivity contribution is 0.00621. The Bertz CT molecular complexity index is 1280. The second-order valence-electron chi connectivity index (χ2n) is 10.3. The van der Waals surface area contributed by atoms with Crippen molar-refractivity contribution in [2.24, 2.45) is 0 Å². The SMILES string of the molecule is CC1OCCC1OC(=O)c1cnc(NC2CCC(Oc3cc(N4CCOCC4)cc4nccnc34)CC2)nc1. The number of fused-ring (bicyclic) bond motifs is 1. The van der Waals surface area contributed by atoms with Gasteiger partial charge in [-0.3, -0.25) is 4.98 Å². The van der Waals surface area contributed by atoms with Crippen LogP contribution in [0.1, 0.15) is 49.4 Å². The maximum Gasteiger partial charge on any atom is 0.341 e. The maximum absolute atomic E-state index is 12.4. The monoisotopic (exact) mass is 534 g/mol. The van der Waals surface area contributed by atoms with Crippen molar-refractivity contribution in [2.45, 2.75) is 63.4 Å². The first kappa shape index (κ1) is 25.7. The molecule has 2 unspecified atom stereocenters. The van der Waals surface area contributed by atoms with Crippen LogP contribution in [0, 0.1) is 0 Å². The number of benzene rings is 1. The van der Waals surface area contributed by atoms with Gasteiger partial charge >= 0.3 is 5.97 Å². The van der Waals surface area contributed by atoms with Crippen LogP contribution in [-0.4, -0.2) is 83.2 Å². The number of carbonyl (C=O) groups excluding carboxylic acids is 1. The van der Waals surface area contributed by atoms with E-state index in [-0.39, 0.29) is 24.4 Å². The average molecular weight is 535 g/mol. The minimum atomic E-state index is -0.420. The van der Waals surface area contributed by atoms with E-state index < -0.39 is 5.97 Å². The first-order valence-corrected chi connectivity index (χ1v) is 13.8. The zero-order valence-corrected chi connectivity index (χ0v) is 22.1. The molecule has 2 aromatic heterocycles. The quantitative estimate of drug-likeness (QED) is 0.449. The van der Waals surface area contributed by atoms with Crippen LogP contribution in [-0.2, 0) is 14.2 Å². The minimum absolute atomic E-state index is 0.0877. The molecule has 3 aromatic rings. The van der Waals surface area contributed by atoms with Crippen molar-refractivity contribution in [3.63, 3.8) is 0 Å². The number of nitrogens with one attached hydrogen (secondary N) is 1. The van der Waals surface area contributed by atoms with Crippen LogP contribution >= 0.6 is 0 Å². The summed E-state index contributed by atoms with van der Waals surface area (Å²) in [6.45, 7) is 5.65. The summed E-state index contributed by atoms with van der Waals surface area (Å²) >= 11 is 0. The highest BCUT2D eigenvalue weighted by molar-refractivity contribution is 5.89. The van der Waals surface area contributed by atoms with Gasteiger partial charge < -0.3 is 29.2 Å². The molecule has 11 nitrogen and oxygen atoms in total. The van der Waals surface area contributed by atoms with E-state index in [1.54, 1.807) is 12.4 Å². The van der Waals surface area contributed by atoms with Crippen molar-refractivity contribution in [1.29, 1.82) is 0 Å². The summed E-state index contributed by atoms with van der Waals surface area (Å²) in [5.41, 5.74) is 3.05. The fourth-order valence-corrected chi connectivity index (χ4v) is 5.39. The summed E-state index contributed by atoms with van der Waals surface area (Å²) in [7, 11) is 0. The van der Waals surface area contributed by atoms with Crippen molar-refractivity contribution in [2.75, 3.05) is 43.1 Å². The predicted octanol–water partition coefficient (Wildman–Crippen LogP) is 3.39. The van der Waals surface area contributed by atoms with Gasteiger partial charge in [0, 0.05) is 62.1 Å². The van der Waals surface area contributed by atoms with Crippen molar-refractivity contribution in [3.05, 3.63) is 42.5 Å². The Labute approximate surface area is 227 Å². The molecule has 2 atom stereocenters. The standard InChI is InChI=1S/C28H34N6O5/c1-18-24(6-11-37-18)39-27(35)19-16-31-28(32-17-19)33-20-2-4-22(5-3-20)38-25-15-21(34-9-12-36-13-10-34)14-23-26(25)30-8-7-29-23/h7-8,14-18,20,22,24H,2-6,9-13H2,1H3,(H,31,32,33). The number of carbonyl (C=O) groups is 1. The number of anilines is 2. The number of ether oxygens (including phenoxy) is 4. The van der Waals surface area contributed by atoms with Gasteiger partial charge in [0.15, 0.2) is 0 Å². The Morgan fingerprint density at radius 2 is 1.74 bits per heavy atom. The van der Waals surface area contributed by atoms with E-state index in [4.69, 9.17) is 18.9 Å². The van der Waals surface area contributed by atoms with Crippen molar-refractivity contribution < 1.29 is 23.7 Å². The van der Waals surface area contributed by atoms with E-state index in [9.17, 15) is 4.79 Å². The Balaban J connectivity index is 1.04. The summed E-state index contributed by atoms with van der Waals surface area (Å²) in [4.78, 5) is 32.5. The molecule has 2 aliphatic heterocycles. The van der Waals surface area contributed by atoms with E-state index in [2.05, 4.69) is 42.3 Å². The van der Waals surface area contributed by atoms with Crippen LogP contribution < -0.4 is 15.0 Å². The van der Waals surface area contributed by atoms with E-state index in [1.165, 1.54) is 12.4 Å². The summed E-state index contributed by atoms with van der Waals surface area (Å²) in [6.07, 6.45) is 10.6. The smallest absolute Gasteiger partial charge is 0.341 e. The van der Waals surface area contributed by atoms with Crippen molar-refractivity contribution in [1.82, 2.24) is 19.9 Å². The third-order valence-electron chi connectivity index (χ3n) is 7.65. The van der Waals surface area contributed by atoms with Crippen molar-refractivity contribution >= 4 is 28.6 Å². The summed E-state index contributed by atoms with van der Waals surface area (Å²) in [6, 6.07) is 4.40. The summed E-state index contributed by atoms with van der Waals surface area (Å²) in [5, 5.41) is 3.40. The molecule has 1 aromatic carbocycles. The predicted molar refractivity (Wildman–Crippen MR) is 144 cm³/mol. The molecular weight excluding hydrogens is 500 g/mol. The van der Waals surface area contributed by atoms with Crippen LogP contribution in [0.15, 0.2) is 36.9 Å². The molecule has 3 fully saturated rings. The number of morpholine rings is 1. The molecule has 1 saturated carbocycles. The lowest BCUT2D eigenvalue weighted by atomic mass is 9.93. The van der Waals surface area contributed by atoms with Gasteiger partial charge in [-0.2, -0.15) is 0 Å². The van der Waals surface area contributed by atoms with Gasteiger partial charge in [0.25, 0.3) is 0 Å². The van der Waals surface area contributed by atoms with Crippen LogP contribution in [0.25, 0.3) is 11.0 Å². The molecule has 2 saturated heterocycles. The number of rotatable bonds is 7. The number of hydrogen-bond acceptors (Lipinski definition) is 11. The summed E-state index contributed by atoms with van der Waals surface area (Å²) < 4.78 is 23.0. The summed E-state index contributed by atoms with van der Waals surface area (Å²) in [5.74, 6) is 0.868. The molecule has 6 rings (SSSR count). The van der Waals surface area contributed by atoms with E-state index in [0.29, 0.717) is 24.5 Å². The second kappa shape index (κ2) is 11.7. The average Bonchev–Trinajstić information content (AvgIpc) is 3.38. The second-order valence-corrected chi connectivity index (χ2v) is 10.3. The first-order valence-electron chi connectivity index (χ1n) is 13.8. The van der Waals surface area contributed by atoms with Gasteiger partial charge in [-0.15, -0.1) is 0 Å². The highest BCUT2D eigenvalue weighted by Gasteiger charge is 2.29. The first-order chi connectivity index (χ1) is 19.1. The van der Waals surface area contributed by atoms with E-state index in [1.807, 2.05) is 6.92 Å². The molecule has 0 spiro atoms. The van der Waals surface area contributed by atoms with Gasteiger partial charge in [0.1, 0.15) is 17.4 Å². The number of hydrogen-bond donors (Lipinski definition) is 1. The van der Waals surface area contributed by atoms with Crippen LogP contribution in [0.3, 0.4) is 0 Å². The number of esters is 1. The molecule has 39 heavy (non-hydrogen) atoms. The molecule has 0 bridgehead atoms. The van der Waals surface area contributed by atoms with E-state index >= 15 is 0 Å². The zero-order valence-electron chi connectivity index (χ0n) is 22.1. The van der Waals surface area contributed by atoms with Crippen LogP contribution in [0.4, 0.5) is 11.6 Å². The van der Waals surface area contributed by atoms with Gasteiger partial charge in [0.2, 0.25) is 5.95 Å².